The van der Waals surface area contributed by atoms with Crippen LogP contribution in [0.4, 0.5) is 16.8 Å². The molecule has 0 spiro atoms. The molecule has 0 aromatic carbocycles. The Balaban J connectivity index is 1.84. The van der Waals surface area contributed by atoms with Gasteiger partial charge in [-0.2, -0.15) is 0 Å². The predicted molar refractivity (Wildman–Crippen MR) is 97.2 cm³/mol. The first kappa shape index (κ1) is 19.6. The second-order valence-electron chi connectivity index (χ2n) is 6.23. The van der Waals surface area contributed by atoms with Crippen LogP contribution in [0.3, 0.4) is 0 Å². The number of hydrogen-bond donors (Lipinski definition) is 1. The first-order valence-electron chi connectivity index (χ1n) is 7.99. The number of aromatic nitrogens is 3. The van der Waals surface area contributed by atoms with Crippen LogP contribution in [-0.2, 0) is 20.9 Å². The number of nitrogens with zero attached hydrogens (tertiary/aromatic N) is 5. The van der Waals surface area contributed by atoms with E-state index in [0.717, 1.165) is 16.2 Å². The minimum absolute atomic E-state index is 0.0917. The molecule has 3 rings (SSSR count). The van der Waals surface area contributed by atoms with Crippen molar-refractivity contribution in [3.8, 4) is 5.75 Å². The number of carbonyl (C=O) groups is 2. The molecular weight excluding hydrogens is 392 g/mol. The van der Waals surface area contributed by atoms with Gasteiger partial charge in [-0.3, -0.25) is 19.8 Å². The molecule has 0 saturated heterocycles. The van der Waals surface area contributed by atoms with Crippen LogP contribution in [0.25, 0.3) is 0 Å². The maximum absolute atomic E-state index is 12.7. The van der Waals surface area contributed by atoms with Gasteiger partial charge in [0.1, 0.15) is 18.2 Å². The quantitative estimate of drug-likeness (QED) is 0.548. The number of nitrogens with one attached hydrogen (secondary N) is 1. The van der Waals surface area contributed by atoms with Crippen molar-refractivity contribution in [2.45, 2.75) is 26.1 Å². The lowest BCUT2D eigenvalue weighted by molar-refractivity contribution is -0.389. The second-order valence-corrected chi connectivity index (χ2v) is 7.30. The molecule has 2 amide bonds. The van der Waals surface area contributed by atoms with E-state index in [0.29, 0.717) is 5.01 Å². The Kier molecular flexibility index (Phi) is 5.20. The molecule has 0 atom stereocenters. The molecule has 1 aliphatic heterocycles. The third kappa shape index (κ3) is 3.89. The van der Waals surface area contributed by atoms with Gasteiger partial charge in [0.2, 0.25) is 11.0 Å². The van der Waals surface area contributed by atoms with Gasteiger partial charge in [-0.1, -0.05) is 11.3 Å². The Morgan fingerprint density at radius 2 is 2.18 bits per heavy atom. The molecule has 3 heterocycles. The van der Waals surface area contributed by atoms with Crippen molar-refractivity contribution < 1.29 is 24.0 Å². The summed E-state index contributed by atoms with van der Waals surface area (Å²) in [6.45, 7) is 2.90. The van der Waals surface area contributed by atoms with Crippen molar-refractivity contribution >= 4 is 39.9 Å². The molecule has 12 nitrogen and oxygen atoms in total. The summed E-state index contributed by atoms with van der Waals surface area (Å²) in [4.78, 5) is 40.4. The largest absolute Gasteiger partial charge is 0.472 e. The fourth-order valence-electron chi connectivity index (χ4n) is 2.48. The maximum atomic E-state index is 12.7. The maximum Gasteiger partial charge on any atom is 0.366 e. The predicted octanol–water partition coefficient (Wildman–Crippen LogP) is 1.13. The number of nitro groups is 1. The number of anilines is 2. The fourth-order valence-corrected chi connectivity index (χ4v) is 3.20. The lowest BCUT2D eigenvalue weighted by Crippen LogP contribution is -2.54. The lowest BCUT2D eigenvalue weighted by atomic mass is 10.1. The number of pyridine rings is 1. The van der Waals surface area contributed by atoms with Crippen LogP contribution in [-0.4, -0.2) is 51.2 Å². The Bertz CT molecular complexity index is 945. The van der Waals surface area contributed by atoms with Gasteiger partial charge in [0.25, 0.3) is 11.7 Å². The van der Waals surface area contributed by atoms with Gasteiger partial charge in [-0.05, 0) is 29.8 Å². The number of hydrogen-bond acceptors (Lipinski definition) is 10. The lowest BCUT2D eigenvalue weighted by Gasteiger charge is -2.35. The van der Waals surface area contributed by atoms with Crippen molar-refractivity contribution in [1.82, 2.24) is 15.2 Å². The molecule has 1 N–H and O–H groups in total. The zero-order valence-electron chi connectivity index (χ0n) is 15.2. The van der Waals surface area contributed by atoms with E-state index in [-0.39, 0.29) is 23.3 Å². The summed E-state index contributed by atoms with van der Waals surface area (Å²) in [5.41, 5.74) is -1.26. The SMILES string of the molecule is COCc1nnc(NC(=O)CN2C(=O)C(C)(C)Oc3ccc([N+](=O)[O-])nc32)s1. The van der Waals surface area contributed by atoms with Gasteiger partial charge in [-0.15, -0.1) is 10.2 Å². The summed E-state index contributed by atoms with van der Waals surface area (Å²) in [6, 6.07) is 2.52. The second kappa shape index (κ2) is 7.44. The van der Waals surface area contributed by atoms with Crippen LogP contribution in [0.1, 0.15) is 18.9 Å². The van der Waals surface area contributed by atoms with Gasteiger partial charge in [0, 0.05) is 13.2 Å². The van der Waals surface area contributed by atoms with E-state index < -0.39 is 34.7 Å². The highest BCUT2D eigenvalue weighted by Gasteiger charge is 2.45. The Morgan fingerprint density at radius 3 is 2.86 bits per heavy atom. The summed E-state index contributed by atoms with van der Waals surface area (Å²) in [7, 11) is 1.51. The Hall–Kier alpha value is -3.19. The molecule has 0 aliphatic carbocycles. The molecule has 1 aliphatic rings. The summed E-state index contributed by atoms with van der Waals surface area (Å²) < 4.78 is 10.5. The van der Waals surface area contributed by atoms with Crippen LogP contribution in [0.2, 0.25) is 0 Å². The number of rotatable bonds is 6. The molecule has 0 radical (unpaired) electrons. The summed E-state index contributed by atoms with van der Waals surface area (Å²) in [5, 5.41) is 22.0. The molecule has 148 valence electrons. The molecule has 0 fully saturated rings. The standard InChI is InChI=1S/C15H16N6O6S/c1-15(2)13(23)20(12-8(27-15)4-5-9(16-12)21(24)25)6-10(22)17-14-19-18-11(28-14)7-26-3/h4-5H,6-7H2,1-3H3,(H,17,19,22). The molecular formula is C15H16N6O6S. The summed E-state index contributed by atoms with van der Waals surface area (Å²) in [5.74, 6) is -1.51. The Morgan fingerprint density at radius 1 is 1.43 bits per heavy atom. The minimum Gasteiger partial charge on any atom is -0.472 e. The Labute approximate surface area is 162 Å². The van der Waals surface area contributed by atoms with Crippen molar-refractivity contribution in [2.24, 2.45) is 0 Å². The minimum atomic E-state index is -1.26. The smallest absolute Gasteiger partial charge is 0.366 e. The van der Waals surface area contributed by atoms with Gasteiger partial charge < -0.3 is 19.6 Å². The van der Waals surface area contributed by atoms with E-state index >= 15 is 0 Å². The molecule has 0 unspecified atom stereocenters. The molecule has 13 heteroatoms. The van der Waals surface area contributed by atoms with Crippen LogP contribution in [0, 0.1) is 10.1 Å². The average Bonchev–Trinajstić information content (AvgIpc) is 3.05. The van der Waals surface area contributed by atoms with Crippen LogP contribution in [0.15, 0.2) is 12.1 Å². The van der Waals surface area contributed by atoms with Crippen molar-refractivity contribution in [1.29, 1.82) is 0 Å². The zero-order chi connectivity index (χ0) is 20.5. The molecule has 28 heavy (non-hydrogen) atoms. The summed E-state index contributed by atoms with van der Waals surface area (Å²) in [6.07, 6.45) is 0. The van der Waals surface area contributed by atoms with E-state index in [1.807, 2.05) is 0 Å². The van der Waals surface area contributed by atoms with Gasteiger partial charge in [0.15, 0.2) is 11.4 Å². The van der Waals surface area contributed by atoms with E-state index in [1.165, 1.54) is 33.1 Å². The van der Waals surface area contributed by atoms with Crippen molar-refractivity contribution in [3.05, 3.63) is 27.3 Å². The number of fused-ring (bicyclic) bond motifs is 1. The average molecular weight is 408 g/mol. The fraction of sp³-hybridized carbons (Fsp3) is 0.400. The highest BCUT2D eigenvalue weighted by Crippen LogP contribution is 2.37. The van der Waals surface area contributed by atoms with Crippen LogP contribution in [0.5, 0.6) is 5.75 Å². The molecule has 0 saturated carbocycles. The first-order valence-corrected chi connectivity index (χ1v) is 8.80. The normalized spacial score (nSPS) is 15.0. The zero-order valence-corrected chi connectivity index (χ0v) is 16.0. The molecule has 2 aromatic rings. The van der Waals surface area contributed by atoms with E-state index in [9.17, 15) is 19.7 Å². The van der Waals surface area contributed by atoms with Gasteiger partial charge >= 0.3 is 5.82 Å². The third-order valence-electron chi connectivity index (χ3n) is 3.68. The highest BCUT2D eigenvalue weighted by molar-refractivity contribution is 7.15. The number of amides is 2. The van der Waals surface area contributed by atoms with Gasteiger partial charge in [0.05, 0.1) is 0 Å². The third-order valence-corrected chi connectivity index (χ3v) is 4.49. The van der Waals surface area contributed by atoms with E-state index in [4.69, 9.17) is 9.47 Å². The molecule has 0 bridgehead atoms. The number of methoxy groups -OCH3 is 1. The molecule has 2 aromatic heterocycles. The number of carbonyl (C=O) groups excluding carboxylic acids is 2. The monoisotopic (exact) mass is 408 g/mol. The van der Waals surface area contributed by atoms with E-state index in [2.05, 4.69) is 20.5 Å². The first-order chi connectivity index (χ1) is 13.2. The van der Waals surface area contributed by atoms with Crippen LogP contribution >= 0.6 is 11.3 Å². The van der Waals surface area contributed by atoms with Gasteiger partial charge in [-0.25, -0.2) is 0 Å². The topological polar surface area (TPSA) is 150 Å². The van der Waals surface area contributed by atoms with Crippen molar-refractivity contribution in [2.75, 3.05) is 23.9 Å². The van der Waals surface area contributed by atoms with E-state index in [1.54, 1.807) is 0 Å². The number of ether oxygens (including phenoxy) is 2. The highest BCUT2D eigenvalue weighted by atomic mass is 32.1. The van der Waals surface area contributed by atoms with Crippen LogP contribution < -0.4 is 15.0 Å². The van der Waals surface area contributed by atoms with Crippen molar-refractivity contribution in [3.63, 3.8) is 0 Å². The summed E-state index contributed by atoms with van der Waals surface area (Å²) >= 11 is 1.13.